The molecule has 0 saturated carbocycles. The molecule has 2 atom stereocenters. The summed E-state index contributed by atoms with van der Waals surface area (Å²) in [7, 11) is -1.20. The second-order valence-electron chi connectivity index (χ2n) is 4.30. The molecule has 18 heavy (non-hydrogen) atoms. The number of hydrogen-bond donors (Lipinski definition) is 1. The average Bonchev–Trinajstić information content (AvgIpc) is 2.39. The Morgan fingerprint density at radius 3 is 3.22 bits per heavy atom. The van der Waals surface area contributed by atoms with Crippen LogP contribution in [0.3, 0.4) is 0 Å². The molecule has 1 aromatic rings. The van der Waals surface area contributed by atoms with Crippen molar-refractivity contribution in [3.8, 4) is 0 Å². The van der Waals surface area contributed by atoms with Crippen molar-refractivity contribution in [2.24, 2.45) is 0 Å². The standard InChI is InChI=1S/C12H19N3O2S/c1-2-15-6-7-17-10(8-15)9-18(16)12-11(13)4-3-5-14-12/h3-5,10H,2,6-9,13H2,1H3. The Hall–Kier alpha value is -0.980. The Morgan fingerprint density at radius 2 is 2.50 bits per heavy atom. The maximum atomic E-state index is 12.2. The van der Waals surface area contributed by atoms with Gasteiger partial charge in [-0.1, -0.05) is 6.92 Å². The Labute approximate surface area is 110 Å². The zero-order valence-electron chi connectivity index (χ0n) is 10.5. The highest BCUT2D eigenvalue weighted by atomic mass is 32.2. The number of likely N-dealkylation sites (N-methyl/N-ethyl adjacent to an activating group) is 1. The van der Waals surface area contributed by atoms with Gasteiger partial charge in [0.2, 0.25) is 0 Å². The number of hydrogen-bond acceptors (Lipinski definition) is 5. The van der Waals surface area contributed by atoms with Gasteiger partial charge >= 0.3 is 0 Å². The first kappa shape index (κ1) is 13.5. The van der Waals surface area contributed by atoms with Crippen LogP contribution in [-0.2, 0) is 15.5 Å². The molecule has 5 nitrogen and oxygen atoms in total. The van der Waals surface area contributed by atoms with E-state index in [0.717, 1.165) is 19.6 Å². The van der Waals surface area contributed by atoms with E-state index in [4.69, 9.17) is 10.5 Å². The average molecular weight is 269 g/mol. The quantitative estimate of drug-likeness (QED) is 0.861. The summed E-state index contributed by atoms with van der Waals surface area (Å²) >= 11 is 0. The fraction of sp³-hybridized carbons (Fsp3) is 0.583. The van der Waals surface area contributed by atoms with Crippen molar-refractivity contribution in [3.05, 3.63) is 18.3 Å². The molecule has 1 saturated heterocycles. The smallest absolute Gasteiger partial charge is 0.150 e. The minimum Gasteiger partial charge on any atom is -0.396 e. The molecule has 1 fully saturated rings. The van der Waals surface area contributed by atoms with Crippen LogP contribution >= 0.6 is 0 Å². The van der Waals surface area contributed by atoms with E-state index in [-0.39, 0.29) is 6.10 Å². The van der Waals surface area contributed by atoms with Crippen LogP contribution in [0.25, 0.3) is 0 Å². The molecule has 100 valence electrons. The summed E-state index contributed by atoms with van der Waals surface area (Å²) in [6.45, 7) is 5.60. The predicted molar refractivity (Wildman–Crippen MR) is 71.8 cm³/mol. The van der Waals surface area contributed by atoms with Crippen LogP contribution in [0.4, 0.5) is 5.69 Å². The van der Waals surface area contributed by atoms with Gasteiger partial charge in [0, 0.05) is 19.3 Å². The summed E-state index contributed by atoms with van der Waals surface area (Å²) in [6.07, 6.45) is 1.62. The largest absolute Gasteiger partial charge is 0.396 e. The lowest BCUT2D eigenvalue weighted by atomic mass is 10.3. The van der Waals surface area contributed by atoms with Gasteiger partial charge < -0.3 is 10.5 Å². The van der Waals surface area contributed by atoms with Gasteiger partial charge in [-0.05, 0) is 18.7 Å². The highest BCUT2D eigenvalue weighted by molar-refractivity contribution is 7.85. The van der Waals surface area contributed by atoms with E-state index in [0.29, 0.717) is 23.1 Å². The third kappa shape index (κ3) is 3.28. The lowest BCUT2D eigenvalue weighted by Crippen LogP contribution is -2.44. The maximum Gasteiger partial charge on any atom is 0.150 e. The second kappa shape index (κ2) is 6.26. The zero-order chi connectivity index (χ0) is 13.0. The Balaban J connectivity index is 1.97. The minimum atomic E-state index is -1.20. The van der Waals surface area contributed by atoms with Gasteiger partial charge in [-0.15, -0.1) is 0 Å². The Morgan fingerprint density at radius 1 is 1.67 bits per heavy atom. The van der Waals surface area contributed by atoms with Gasteiger partial charge in [0.1, 0.15) is 5.03 Å². The van der Waals surface area contributed by atoms with E-state index in [1.807, 2.05) is 0 Å². The number of morpholine rings is 1. The van der Waals surface area contributed by atoms with Crippen molar-refractivity contribution in [3.63, 3.8) is 0 Å². The molecule has 1 aliphatic rings. The molecule has 0 radical (unpaired) electrons. The molecule has 2 unspecified atom stereocenters. The van der Waals surface area contributed by atoms with Gasteiger partial charge in [0.05, 0.1) is 35.0 Å². The van der Waals surface area contributed by atoms with E-state index < -0.39 is 10.8 Å². The van der Waals surface area contributed by atoms with Crippen LogP contribution in [-0.4, -0.2) is 52.2 Å². The van der Waals surface area contributed by atoms with E-state index in [1.165, 1.54) is 0 Å². The van der Waals surface area contributed by atoms with Crippen molar-refractivity contribution in [1.29, 1.82) is 0 Å². The fourth-order valence-corrected chi connectivity index (χ4v) is 3.22. The third-order valence-corrected chi connectivity index (χ3v) is 4.47. The number of aromatic nitrogens is 1. The molecular formula is C12H19N3O2S. The molecule has 0 amide bonds. The van der Waals surface area contributed by atoms with Crippen molar-refractivity contribution >= 4 is 16.5 Å². The van der Waals surface area contributed by atoms with Crippen molar-refractivity contribution in [2.75, 3.05) is 37.7 Å². The van der Waals surface area contributed by atoms with E-state index >= 15 is 0 Å². The molecule has 0 spiro atoms. The first-order chi connectivity index (χ1) is 8.70. The SMILES string of the molecule is CCN1CCOC(CS(=O)c2ncccc2N)C1. The number of nitrogens with zero attached hydrogens (tertiary/aromatic N) is 2. The maximum absolute atomic E-state index is 12.2. The van der Waals surface area contributed by atoms with Crippen LogP contribution < -0.4 is 5.73 Å². The topological polar surface area (TPSA) is 68.5 Å². The fourth-order valence-electron chi connectivity index (χ4n) is 2.01. The summed E-state index contributed by atoms with van der Waals surface area (Å²) in [5.74, 6) is 0.456. The lowest BCUT2D eigenvalue weighted by molar-refractivity contribution is -0.0141. The first-order valence-corrected chi connectivity index (χ1v) is 7.45. The number of pyridine rings is 1. The summed E-state index contributed by atoms with van der Waals surface area (Å²) in [6, 6.07) is 3.46. The lowest BCUT2D eigenvalue weighted by Gasteiger charge is -2.31. The Bertz CT molecular complexity index is 428. The highest BCUT2D eigenvalue weighted by Crippen LogP contribution is 2.15. The van der Waals surface area contributed by atoms with Gasteiger partial charge in [0.25, 0.3) is 0 Å². The van der Waals surface area contributed by atoms with E-state index in [2.05, 4.69) is 16.8 Å². The van der Waals surface area contributed by atoms with E-state index in [1.54, 1.807) is 18.3 Å². The third-order valence-electron chi connectivity index (χ3n) is 3.02. The molecule has 1 aromatic heterocycles. The number of nitrogens with two attached hydrogens (primary N) is 1. The Kier molecular flexibility index (Phi) is 4.68. The summed E-state index contributed by atoms with van der Waals surface area (Å²) < 4.78 is 17.8. The molecule has 1 aliphatic heterocycles. The minimum absolute atomic E-state index is 0.000870. The number of ether oxygens (including phenoxy) is 1. The molecule has 2 heterocycles. The van der Waals surface area contributed by atoms with Crippen molar-refractivity contribution in [2.45, 2.75) is 18.1 Å². The number of anilines is 1. The molecular weight excluding hydrogens is 250 g/mol. The normalized spacial score (nSPS) is 22.8. The summed E-state index contributed by atoms with van der Waals surface area (Å²) in [5, 5.41) is 0.467. The van der Waals surface area contributed by atoms with Crippen LogP contribution in [0.1, 0.15) is 6.92 Å². The number of rotatable bonds is 4. The summed E-state index contributed by atoms with van der Waals surface area (Å²) in [5.41, 5.74) is 6.26. The molecule has 0 aliphatic carbocycles. The molecule has 2 N–H and O–H groups in total. The molecule has 2 rings (SSSR count). The van der Waals surface area contributed by atoms with Crippen LogP contribution in [0.2, 0.25) is 0 Å². The number of nitrogen functional groups attached to an aromatic ring is 1. The van der Waals surface area contributed by atoms with Gasteiger partial charge in [0.15, 0.2) is 0 Å². The monoisotopic (exact) mass is 269 g/mol. The second-order valence-corrected chi connectivity index (χ2v) is 5.71. The predicted octanol–water partition coefficient (Wildman–Crippen LogP) is 0.492. The van der Waals surface area contributed by atoms with Gasteiger partial charge in [-0.25, -0.2) is 4.98 Å². The highest BCUT2D eigenvalue weighted by Gasteiger charge is 2.23. The first-order valence-electron chi connectivity index (χ1n) is 6.13. The van der Waals surface area contributed by atoms with E-state index in [9.17, 15) is 4.21 Å². The van der Waals surface area contributed by atoms with Crippen LogP contribution in [0.5, 0.6) is 0 Å². The van der Waals surface area contributed by atoms with Crippen LogP contribution in [0.15, 0.2) is 23.4 Å². The molecule has 0 aromatic carbocycles. The zero-order valence-corrected chi connectivity index (χ0v) is 11.4. The summed E-state index contributed by atoms with van der Waals surface area (Å²) in [4.78, 5) is 6.39. The van der Waals surface area contributed by atoms with Crippen LogP contribution in [0, 0.1) is 0 Å². The van der Waals surface area contributed by atoms with Crippen molar-refractivity contribution < 1.29 is 8.95 Å². The van der Waals surface area contributed by atoms with Gasteiger partial charge in [-0.3, -0.25) is 9.11 Å². The molecule has 6 heteroatoms. The van der Waals surface area contributed by atoms with Crippen molar-refractivity contribution in [1.82, 2.24) is 9.88 Å². The van der Waals surface area contributed by atoms with Gasteiger partial charge in [-0.2, -0.15) is 0 Å². The molecule has 0 bridgehead atoms.